The minimum absolute atomic E-state index is 0.0863. The Kier molecular flexibility index (Phi) is 4.25. The predicted octanol–water partition coefficient (Wildman–Crippen LogP) is 4.16. The third kappa shape index (κ3) is 3.51. The minimum atomic E-state index is -0.947. The Morgan fingerprint density at radius 2 is 1.75 bits per heavy atom. The van der Waals surface area contributed by atoms with Gasteiger partial charge in [-0.1, -0.05) is 36.9 Å². The van der Waals surface area contributed by atoms with E-state index in [9.17, 15) is 13.6 Å². The van der Waals surface area contributed by atoms with Crippen LogP contribution in [0.25, 0.3) is 0 Å². The van der Waals surface area contributed by atoms with E-state index in [1.165, 1.54) is 6.07 Å². The zero-order valence-corrected chi connectivity index (χ0v) is 10.7. The zero-order valence-electron chi connectivity index (χ0n) is 10.7. The summed E-state index contributed by atoms with van der Waals surface area (Å²) in [5.74, 6) is -1.95. The lowest BCUT2D eigenvalue weighted by Crippen LogP contribution is -2.06. The summed E-state index contributed by atoms with van der Waals surface area (Å²) < 4.78 is 25.8. The predicted molar refractivity (Wildman–Crippen MR) is 74.5 cm³/mol. The molecule has 0 spiro atoms. The Balaban J connectivity index is 1.99. The largest absolute Gasteiger partial charge is 0.359 e. The van der Waals surface area contributed by atoms with Crippen LogP contribution in [-0.4, -0.2) is 5.78 Å². The minimum Gasteiger partial charge on any atom is -0.359 e. The van der Waals surface area contributed by atoms with Crippen LogP contribution in [0.15, 0.2) is 60.8 Å². The van der Waals surface area contributed by atoms with E-state index in [1.54, 1.807) is 24.3 Å². The van der Waals surface area contributed by atoms with Crippen LogP contribution in [0.4, 0.5) is 14.5 Å². The molecule has 0 heterocycles. The summed E-state index contributed by atoms with van der Waals surface area (Å²) >= 11 is 0. The molecule has 0 aromatic heterocycles. The maximum absolute atomic E-state index is 13.0. The van der Waals surface area contributed by atoms with Gasteiger partial charge >= 0.3 is 0 Å². The highest BCUT2D eigenvalue weighted by molar-refractivity contribution is 5.97. The lowest BCUT2D eigenvalue weighted by atomic mass is 10.1. The van der Waals surface area contributed by atoms with Crippen LogP contribution in [0.3, 0.4) is 0 Å². The van der Waals surface area contributed by atoms with Crippen LogP contribution >= 0.6 is 0 Å². The molecule has 0 fully saturated rings. The molecule has 2 aromatic rings. The summed E-state index contributed by atoms with van der Waals surface area (Å²) in [7, 11) is 0. The summed E-state index contributed by atoms with van der Waals surface area (Å²) in [6, 6.07) is 12.2. The van der Waals surface area contributed by atoms with Crippen molar-refractivity contribution in [3.63, 3.8) is 0 Å². The van der Waals surface area contributed by atoms with Gasteiger partial charge in [0.15, 0.2) is 17.4 Å². The second-order valence-corrected chi connectivity index (χ2v) is 4.32. The number of carbonyl (C=O) groups is 1. The third-order valence-corrected chi connectivity index (χ3v) is 2.71. The highest BCUT2D eigenvalue weighted by atomic mass is 19.2. The summed E-state index contributed by atoms with van der Waals surface area (Å²) in [6.45, 7) is 3.72. The Bertz CT molecular complexity index is 638. The molecule has 2 nitrogen and oxygen atoms in total. The first-order valence-electron chi connectivity index (χ1n) is 6.04. The summed E-state index contributed by atoms with van der Waals surface area (Å²) in [6.07, 6.45) is 0.0863. The Labute approximate surface area is 115 Å². The number of hydrogen-bond donors (Lipinski definition) is 1. The lowest BCUT2D eigenvalue weighted by Gasteiger charge is -2.09. The maximum Gasteiger partial charge on any atom is 0.168 e. The standard InChI is InChI=1S/C16H13F2NO/c1-11(9-16(20)12-5-3-2-4-6-12)19-13-7-8-14(17)15(18)10-13/h2-8,10,19H,1,9H2. The fraction of sp³-hybridized carbons (Fsp3) is 0.0625. The molecule has 102 valence electrons. The molecule has 0 saturated carbocycles. The second kappa shape index (κ2) is 6.10. The van der Waals surface area contributed by atoms with E-state index in [4.69, 9.17) is 0 Å². The molecule has 2 aromatic carbocycles. The number of Topliss-reactive ketones (excluding diaryl/α,β-unsaturated/α-hetero) is 1. The van der Waals surface area contributed by atoms with Gasteiger partial charge in [0, 0.05) is 23.0 Å². The van der Waals surface area contributed by atoms with E-state index in [0.29, 0.717) is 16.9 Å². The molecular weight excluding hydrogens is 260 g/mol. The van der Waals surface area contributed by atoms with E-state index in [1.807, 2.05) is 6.07 Å². The molecule has 0 atom stereocenters. The highest BCUT2D eigenvalue weighted by Gasteiger charge is 2.08. The number of hydrogen-bond acceptors (Lipinski definition) is 2. The lowest BCUT2D eigenvalue weighted by molar-refractivity contribution is 0.0993. The number of halogens is 2. The van der Waals surface area contributed by atoms with Crippen LogP contribution in [0.1, 0.15) is 16.8 Å². The molecule has 20 heavy (non-hydrogen) atoms. The van der Waals surface area contributed by atoms with Gasteiger partial charge in [-0.05, 0) is 12.1 Å². The summed E-state index contributed by atoms with van der Waals surface area (Å²) in [5, 5.41) is 2.79. The molecule has 0 radical (unpaired) electrons. The van der Waals surface area contributed by atoms with Gasteiger partial charge in [0.05, 0.1) is 6.42 Å². The Hall–Kier alpha value is -2.49. The fourth-order valence-electron chi connectivity index (χ4n) is 1.74. The summed E-state index contributed by atoms with van der Waals surface area (Å²) in [5.41, 5.74) is 1.36. The van der Waals surface area contributed by atoms with Crippen molar-refractivity contribution in [1.82, 2.24) is 0 Å². The van der Waals surface area contributed by atoms with Gasteiger partial charge in [-0.3, -0.25) is 4.79 Å². The topological polar surface area (TPSA) is 29.1 Å². The van der Waals surface area contributed by atoms with E-state index in [-0.39, 0.29) is 12.2 Å². The van der Waals surface area contributed by atoms with Crippen molar-refractivity contribution in [2.45, 2.75) is 6.42 Å². The number of allylic oxidation sites excluding steroid dienone is 1. The first-order valence-corrected chi connectivity index (χ1v) is 6.04. The van der Waals surface area contributed by atoms with E-state index >= 15 is 0 Å². The Morgan fingerprint density at radius 3 is 2.40 bits per heavy atom. The molecule has 0 aliphatic heterocycles. The van der Waals surface area contributed by atoms with Crippen LogP contribution in [0.2, 0.25) is 0 Å². The SMILES string of the molecule is C=C(CC(=O)c1ccccc1)Nc1ccc(F)c(F)c1. The van der Waals surface area contributed by atoms with Gasteiger partial charge in [0.1, 0.15) is 0 Å². The van der Waals surface area contributed by atoms with E-state index in [0.717, 1.165) is 12.1 Å². The van der Waals surface area contributed by atoms with Crippen molar-refractivity contribution in [1.29, 1.82) is 0 Å². The van der Waals surface area contributed by atoms with Crippen LogP contribution in [0.5, 0.6) is 0 Å². The zero-order chi connectivity index (χ0) is 14.5. The monoisotopic (exact) mass is 273 g/mol. The number of benzene rings is 2. The molecule has 0 amide bonds. The molecule has 0 saturated heterocycles. The third-order valence-electron chi connectivity index (χ3n) is 2.71. The number of carbonyl (C=O) groups excluding carboxylic acids is 1. The number of ketones is 1. The van der Waals surface area contributed by atoms with Crippen LogP contribution in [0, 0.1) is 11.6 Å². The normalized spacial score (nSPS) is 10.1. The van der Waals surface area contributed by atoms with Crippen molar-refractivity contribution in [2.75, 3.05) is 5.32 Å². The quantitative estimate of drug-likeness (QED) is 0.829. The van der Waals surface area contributed by atoms with Crippen molar-refractivity contribution in [2.24, 2.45) is 0 Å². The molecule has 0 bridgehead atoms. The number of rotatable bonds is 5. The highest BCUT2D eigenvalue weighted by Crippen LogP contribution is 2.16. The van der Waals surface area contributed by atoms with Crippen molar-refractivity contribution >= 4 is 11.5 Å². The average Bonchev–Trinajstić information content (AvgIpc) is 2.44. The smallest absolute Gasteiger partial charge is 0.168 e. The molecular formula is C16H13F2NO. The van der Waals surface area contributed by atoms with Gasteiger partial charge in [-0.25, -0.2) is 8.78 Å². The molecule has 2 rings (SSSR count). The van der Waals surface area contributed by atoms with E-state index < -0.39 is 11.6 Å². The van der Waals surface area contributed by atoms with Gasteiger partial charge in [0.2, 0.25) is 0 Å². The first kappa shape index (κ1) is 13.9. The molecule has 0 aliphatic carbocycles. The molecule has 4 heteroatoms. The second-order valence-electron chi connectivity index (χ2n) is 4.32. The molecule has 0 unspecified atom stereocenters. The Morgan fingerprint density at radius 1 is 1.05 bits per heavy atom. The fourth-order valence-corrected chi connectivity index (χ4v) is 1.74. The van der Waals surface area contributed by atoms with Gasteiger partial charge in [-0.2, -0.15) is 0 Å². The van der Waals surface area contributed by atoms with E-state index in [2.05, 4.69) is 11.9 Å². The van der Waals surface area contributed by atoms with Gasteiger partial charge < -0.3 is 5.32 Å². The summed E-state index contributed by atoms with van der Waals surface area (Å²) in [4.78, 5) is 11.9. The van der Waals surface area contributed by atoms with Gasteiger partial charge in [-0.15, -0.1) is 0 Å². The first-order chi connectivity index (χ1) is 9.56. The van der Waals surface area contributed by atoms with Crippen molar-refractivity contribution in [3.05, 3.63) is 78.0 Å². The molecule has 1 N–H and O–H groups in total. The number of nitrogens with one attached hydrogen (secondary N) is 1. The maximum atomic E-state index is 13.0. The van der Waals surface area contributed by atoms with Crippen LogP contribution < -0.4 is 5.32 Å². The van der Waals surface area contributed by atoms with Crippen molar-refractivity contribution in [3.8, 4) is 0 Å². The number of anilines is 1. The van der Waals surface area contributed by atoms with Gasteiger partial charge in [0.25, 0.3) is 0 Å². The average molecular weight is 273 g/mol. The van der Waals surface area contributed by atoms with Crippen LogP contribution in [-0.2, 0) is 0 Å². The molecule has 0 aliphatic rings. The van der Waals surface area contributed by atoms with Crippen molar-refractivity contribution < 1.29 is 13.6 Å².